The van der Waals surface area contributed by atoms with Crippen molar-refractivity contribution in [2.24, 2.45) is 5.73 Å². The summed E-state index contributed by atoms with van der Waals surface area (Å²) in [6.07, 6.45) is 0. The molecule has 2 amide bonds. The molecule has 2 atom stereocenters. The average molecular weight is 411 g/mol. The summed E-state index contributed by atoms with van der Waals surface area (Å²) < 4.78 is 13.9. The van der Waals surface area contributed by atoms with E-state index in [1.165, 1.54) is 23.1 Å². The van der Waals surface area contributed by atoms with Gasteiger partial charge in [-0.05, 0) is 54.4 Å². The highest BCUT2D eigenvalue weighted by molar-refractivity contribution is 6.30. The second kappa shape index (κ2) is 8.88. The van der Waals surface area contributed by atoms with Crippen LogP contribution in [0.25, 0.3) is 0 Å². The molecule has 0 radical (unpaired) electrons. The molecule has 148 valence electrons. The summed E-state index contributed by atoms with van der Waals surface area (Å²) in [6, 6.07) is 19.4. The SMILES string of the molecule is C[C@H](c1cccc(Cl)c1)N(C(=O)c1ccccc1)[C@@H](C(N)=O)c1cccc(F)c1. The van der Waals surface area contributed by atoms with Gasteiger partial charge in [0.1, 0.15) is 11.9 Å². The summed E-state index contributed by atoms with van der Waals surface area (Å²) in [7, 11) is 0. The quantitative estimate of drug-likeness (QED) is 0.627. The van der Waals surface area contributed by atoms with Gasteiger partial charge in [-0.1, -0.05) is 54.1 Å². The number of hydrogen-bond acceptors (Lipinski definition) is 2. The molecule has 0 saturated carbocycles. The molecule has 0 heterocycles. The fourth-order valence-corrected chi connectivity index (χ4v) is 3.51. The fourth-order valence-electron chi connectivity index (χ4n) is 3.31. The minimum absolute atomic E-state index is 0.302. The van der Waals surface area contributed by atoms with Gasteiger partial charge >= 0.3 is 0 Å². The zero-order valence-corrected chi connectivity index (χ0v) is 16.5. The Kier molecular flexibility index (Phi) is 6.29. The molecular formula is C23H20ClFN2O2. The van der Waals surface area contributed by atoms with E-state index in [0.717, 1.165) is 5.56 Å². The van der Waals surface area contributed by atoms with E-state index in [4.69, 9.17) is 17.3 Å². The van der Waals surface area contributed by atoms with E-state index in [-0.39, 0.29) is 0 Å². The van der Waals surface area contributed by atoms with Gasteiger partial charge in [-0.2, -0.15) is 0 Å². The molecule has 3 aromatic rings. The summed E-state index contributed by atoms with van der Waals surface area (Å²) >= 11 is 6.13. The van der Waals surface area contributed by atoms with Crippen LogP contribution in [0.4, 0.5) is 4.39 Å². The van der Waals surface area contributed by atoms with Gasteiger partial charge in [-0.15, -0.1) is 0 Å². The van der Waals surface area contributed by atoms with Crippen molar-refractivity contribution in [1.29, 1.82) is 0 Å². The Morgan fingerprint density at radius 2 is 1.59 bits per heavy atom. The first kappa shape index (κ1) is 20.6. The molecule has 2 N–H and O–H groups in total. The standard InChI is InChI=1S/C23H20ClFN2O2/c1-15(17-9-5-11-19(24)13-17)27(23(29)16-7-3-2-4-8-16)21(22(26)28)18-10-6-12-20(25)14-18/h2-15,21H,1H3,(H2,26,28)/t15-,21-/m1/s1. The third-order valence-corrected chi connectivity index (χ3v) is 4.95. The van der Waals surface area contributed by atoms with Gasteiger partial charge in [0.25, 0.3) is 5.91 Å². The molecule has 6 heteroatoms. The molecule has 0 aliphatic rings. The van der Waals surface area contributed by atoms with Crippen molar-refractivity contribution in [2.75, 3.05) is 0 Å². The van der Waals surface area contributed by atoms with Crippen LogP contribution in [0.15, 0.2) is 78.9 Å². The highest BCUT2D eigenvalue weighted by Crippen LogP contribution is 2.33. The fraction of sp³-hybridized carbons (Fsp3) is 0.130. The van der Waals surface area contributed by atoms with Crippen molar-refractivity contribution >= 4 is 23.4 Å². The maximum absolute atomic E-state index is 13.9. The first-order valence-corrected chi connectivity index (χ1v) is 9.44. The maximum Gasteiger partial charge on any atom is 0.255 e. The average Bonchev–Trinajstić information content (AvgIpc) is 2.71. The number of rotatable bonds is 6. The van der Waals surface area contributed by atoms with E-state index in [9.17, 15) is 14.0 Å². The number of carbonyl (C=O) groups excluding carboxylic acids is 2. The van der Waals surface area contributed by atoms with E-state index >= 15 is 0 Å². The molecule has 29 heavy (non-hydrogen) atoms. The van der Waals surface area contributed by atoms with Crippen molar-refractivity contribution in [1.82, 2.24) is 4.90 Å². The second-order valence-corrected chi connectivity index (χ2v) is 7.11. The Morgan fingerprint density at radius 1 is 0.931 bits per heavy atom. The predicted molar refractivity (Wildman–Crippen MR) is 111 cm³/mol. The maximum atomic E-state index is 13.9. The minimum Gasteiger partial charge on any atom is -0.368 e. The van der Waals surface area contributed by atoms with Crippen LogP contribution in [0.1, 0.15) is 40.5 Å². The van der Waals surface area contributed by atoms with Gasteiger partial charge in [-0.25, -0.2) is 4.39 Å². The summed E-state index contributed by atoms with van der Waals surface area (Å²) in [6.45, 7) is 1.78. The lowest BCUT2D eigenvalue weighted by Gasteiger charge is -2.35. The van der Waals surface area contributed by atoms with Crippen LogP contribution >= 0.6 is 11.6 Å². The van der Waals surface area contributed by atoms with Gasteiger partial charge in [-0.3, -0.25) is 9.59 Å². The number of nitrogens with zero attached hydrogens (tertiary/aromatic N) is 1. The van der Waals surface area contributed by atoms with Crippen LogP contribution in [0.5, 0.6) is 0 Å². The van der Waals surface area contributed by atoms with Crippen LogP contribution in [-0.4, -0.2) is 16.7 Å². The topological polar surface area (TPSA) is 63.4 Å². The smallest absolute Gasteiger partial charge is 0.255 e. The van der Waals surface area contributed by atoms with Crippen LogP contribution in [0.2, 0.25) is 5.02 Å². The summed E-state index contributed by atoms with van der Waals surface area (Å²) in [5.41, 5.74) is 7.12. The summed E-state index contributed by atoms with van der Waals surface area (Å²) in [5.74, 6) is -1.67. The Hall–Kier alpha value is -3.18. The normalized spacial score (nSPS) is 12.8. The molecule has 0 spiro atoms. The monoisotopic (exact) mass is 410 g/mol. The Balaban J connectivity index is 2.15. The van der Waals surface area contributed by atoms with Crippen molar-refractivity contribution < 1.29 is 14.0 Å². The Labute approximate surface area is 173 Å². The zero-order chi connectivity index (χ0) is 21.0. The number of primary amides is 1. The largest absolute Gasteiger partial charge is 0.368 e. The lowest BCUT2D eigenvalue weighted by atomic mass is 9.98. The molecule has 3 aromatic carbocycles. The lowest BCUT2D eigenvalue weighted by Crippen LogP contribution is -2.43. The highest BCUT2D eigenvalue weighted by atomic mass is 35.5. The highest BCUT2D eigenvalue weighted by Gasteiger charge is 2.35. The molecule has 0 saturated heterocycles. The molecule has 0 aromatic heterocycles. The first-order valence-electron chi connectivity index (χ1n) is 9.06. The molecule has 3 rings (SSSR count). The Morgan fingerprint density at radius 3 is 2.21 bits per heavy atom. The number of halogens is 2. The van der Waals surface area contributed by atoms with E-state index in [1.54, 1.807) is 61.5 Å². The molecule has 0 aliphatic heterocycles. The third-order valence-electron chi connectivity index (χ3n) is 4.72. The van der Waals surface area contributed by atoms with Crippen LogP contribution < -0.4 is 5.73 Å². The number of carbonyl (C=O) groups is 2. The molecule has 0 bridgehead atoms. The second-order valence-electron chi connectivity index (χ2n) is 6.67. The van der Waals surface area contributed by atoms with Gasteiger partial charge < -0.3 is 10.6 Å². The van der Waals surface area contributed by atoms with Crippen LogP contribution in [0.3, 0.4) is 0 Å². The summed E-state index contributed by atoms with van der Waals surface area (Å²) in [5, 5.41) is 0.503. The number of hydrogen-bond donors (Lipinski definition) is 1. The zero-order valence-electron chi connectivity index (χ0n) is 15.8. The molecular weight excluding hydrogens is 391 g/mol. The van der Waals surface area contributed by atoms with Crippen LogP contribution in [0, 0.1) is 5.82 Å². The molecule has 0 fully saturated rings. The van der Waals surface area contributed by atoms with Crippen LogP contribution in [-0.2, 0) is 4.79 Å². The number of nitrogens with two attached hydrogens (primary N) is 1. The van der Waals surface area contributed by atoms with Crippen molar-refractivity contribution in [3.63, 3.8) is 0 Å². The van der Waals surface area contributed by atoms with Gasteiger partial charge in [0, 0.05) is 10.6 Å². The van der Waals surface area contributed by atoms with Gasteiger partial charge in [0.2, 0.25) is 5.91 Å². The first-order chi connectivity index (χ1) is 13.9. The lowest BCUT2D eigenvalue weighted by molar-refractivity contribution is -0.123. The number of benzene rings is 3. The minimum atomic E-state index is -1.16. The number of amides is 2. The summed E-state index contributed by atoms with van der Waals surface area (Å²) in [4.78, 5) is 27.3. The van der Waals surface area contributed by atoms with Gasteiger partial charge in [0.15, 0.2) is 0 Å². The molecule has 4 nitrogen and oxygen atoms in total. The predicted octanol–water partition coefficient (Wildman–Crippen LogP) is 4.91. The van der Waals surface area contributed by atoms with Gasteiger partial charge in [0.05, 0.1) is 6.04 Å². The van der Waals surface area contributed by atoms with Crippen molar-refractivity contribution in [3.8, 4) is 0 Å². The van der Waals surface area contributed by atoms with Crippen molar-refractivity contribution in [2.45, 2.75) is 19.0 Å². The van der Waals surface area contributed by atoms with E-state index in [2.05, 4.69) is 0 Å². The van der Waals surface area contributed by atoms with E-state index in [0.29, 0.717) is 16.1 Å². The third kappa shape index (κ3) is 4.63. The molecule has 0 unspecified atom stereocenters. The van der Waals surface area contributed by atoms with Crippen molar-refractivity contribution in [3.05, 3.63) is 106 Å². The van der Waals surface area contributed by atoms with E-state index in [1.807, 2.05) is 6.07 Å². The molecule has 0 aliphatic carbocycles. The van der Waals surface area contributed by atoms with E-state index < -0.39 is 29.7 Å². The Bertz CT molecular complexity index is 1030.